The molecule has 2 rings (SSSR count). The van der Waals surface area contributed by atoms with Gasteiger partial charge in [-0.2, -0.15) is 5.10 Å². The molecule has 1 aromatic carbocycles. The predicted molar refractivity (Wildman–Crippen MR) is 68.1 cm³/mol. The molecule has 0 saturated carbocycles. The van der Waals surface area contributed by atoms with Gasteiger partial charge in [-0.05, 0) is 37.6 Å². The number of aliphatic hydroxyl groups is 1. The normalized spacial score (nSPS) is 13.0. The molecule has 0 aliphatic rings. The number of aliphatic hydroxyl groups excluding tert-OH is 1. The fraction of sp³-hybridized carbons (Fsp3) is 0.308. The molecule has 96 valence electrons. The third kappa shape index (κ3) is 2.40. The molecule has 0 aliphatic carbocycles. The molecule has 18 heavy (non-hydrogen) atoms. The summed E-state index contributed by atoms with van der Waals surface area (Å²) < 4.78 is 15.1. The van der Waals surface area contributed by atoms with E-state index in [0.29, 0.717) is 11.3 Å². The highest BCUT2D eigenvalue weighted by atomic mass is 35.5. The van der Waals surface area contributed by atoms with Crippen LogP contribution in [0.1, 0.15) is 37.3 Å². The van der Waals surface area contributed by atoms with Crippen molar-refractivity contribution in [2.75, 3.05) is 0 Å². The van der Waals surface area contributed by atoms with Gasteiger partial charge in [0.1, 0.15) is 11.9 Å². The van der Waals surface area contributed by atoms with E-state index in [1.165, 1.54) is 12.1 Å². The monoisotopic (exact) mass is 268 g/mol. The molecule has 1 heterocycles. The van der Waals surface area contributed by atoms with E-state index < -0.39 is 11.9 Å². The molecule has 3 nitrogen and oxygen atoms in total. The first-order valence-electron chi connectivity index (χ1n) is 5.67. The predicted octanol–water partition coefficient (Wildman–Crippen LogP) is 3.34. The molecule has 0 aliphatic heterocycles. The second-order valence-corrected chi connectivity index (χ2v) is 4.78. The quantitative estimate of drug-likeness (QED) is 0.927. The number of benzene rings is 1. The molecule has 0 saturated heterocycles. The number of nitrogens with zero attached hydrogens (tertiary/aromatic N) is 2. The second kappa shape index (κ2) is 5.08. The molecular formula is C13H14ClFN2O. The zero-order valence-electron chi connectivity index (χ0n) is 10.1. The lowest BCUT2D eigenvalue weighted by molar-refractivity contribution is 0.204. The molecule has 0 radical (unpaired) electrons. The maximum Gasteiger partial charge on any atom is 0.142 e. The van der Waals surface area contributed by atoms with E-state index in [1.807, 2.05) is 13.8 Å². The Balaban J connectivity index is 2.38. The van der Waals surface area contributed by atoms with E-state index >= 15 is 0 Å². The molecule has 1 unspecified atom stereocenters. The minimum absolute atomic E-state index is 0.0447. The summed E-state index contributed by atoms with van der Waals surface area (Å²) in [7, 11) is 0. The molecule has 1 atom stereocenters. The minimum Gasteiger partial charge on any atom is -0.382 e. The van der Waals surface area contributed by atoms with E-state index in [-0.39, 0.29) is 11.1 Å². The zero-order chi connectivity index (χ0) is 13.3. The van der Waals surface area contributed by atoms with Crippen LogP contribution in [-0.2, 0) is 0 Å². The summed E-state index contributed by atoms with van der Waals surface area (Å²) in [6.45, 7) is 3.93. The molecule has 0 amide bonds. The summed E-state index contributed by atoms with van der Waals surface area (Å²) in [4.78, 5) is 0. The molecule has 5 heteroatoms. The van der Waals surface area contributed by atoms with Gasteiger partial charge in [0.15, 0.2) is 0 Å². The molecule has 0 spiro atoms. The summed E-state index contributed by atoms with van der Waals surface area (Å²) >= 11 is 5.62. The Kier molecular flexibility index (Phi) is 3.68. The van der Waals surface area contributed by atoms with Crippen molar-refractivity contribution in [1.82, 2.24) is 9.78 Å². The Morgan fingerprint density at radius 1 is 1.33 bits per heavy atom. The third-order valence-electron chi connectivity index (χ3n) is 2.73. The lowest BCUT2D eigenvalue weighted by atomic mass is 10.1. The highest BCUT2D eigenvalue weighted by Gasteiger charge is 2.17. The van der Waals surface area contributed by atoms with Gasteiger partial charge in [-0.25, -0.2) is 4.39 Å². The largest absolute Gasteiger partial charge is 0.382 e. The van der Waals surface area contributed by atoms with Gasteiger partial charge in [-0.3, -0.25) is 4.68 Å². The van der Waals surface area contributed by atoms with Crippen LogP contribution in [0.3, 0.4) is 0 Å². The molecule has 0 fully saturated rings. The Hall–Kier alpha value is -1.39. The summed E-state index contributed by atoms with van der Waals surface area (Å²) in [5.41, 5.74) is 1.09. The van der Waals surface area contributed by atoms with Gasteiger partial charge in [0.05, 0.1) is 10.7 Å². The summed E-state index contributed by atoms with van der Waals surface area (Å²) in [6.07, 6.45) is 0.701. The van der Waals surface area contributed by atoms with E-state index in [0.717, 1.165) is 0 Å². The van der Waals surface area contributed by atoms with Crippen molar-refractivity contribution < 1.29 is 9.50 Å². The van der Waals surface area contributed by atoms with Gasteiger partial charge in [-0.1, -0.05) is 17.7 Å². The van der Waals surface area contributed by atoms with Gasteiger partial charge < -0.3 is 5.11 Å². The molecule has 1 N–H and O–H groups in total. The first-order chi connectivity index (χ1) is 8.50. The van der Waals surface area contributed by atoms with Crippen molar-refractivity contribution in [3.05, 3.63) is 52.6 Å². The minimum atomic E-state index is -0.915. The summed E-state index contributed by atoms with van der Waals surface area (Å²) in [6, 6.07) is 6.13. The maximum atomic E-state index is 13.4. The van der Waals surface area contributed by atoms with Crippen LogP contribution in [0, 0.1) is 5.82 Å². The van der Waals surface area contributed by atoms with E-state index in [4.69, 9.17) is 11.6 Å². The lowest BCUT2D eigenvalue weighted by Gasteiger charge is -2.16. The fourth-order valence-electron chi connectivity index (χ4n) is 1.83. The number of aromatic nitrogens is 2. The number of rotatable bonds is 3. The number of halogens is 2. The van der Waals surface area contributed by atoms with E-state index in [2.05, 4.69) is 5.10 Å². The Morgan fingerprint density at radius 2 is 2.06 bits per heavy atom. The Morgan fingerprint density at radius 3 is 2.67 bits per heavy atom. The van der Waals surface area contributed by atoms with Crippen LogP contribution in [0.25, 0.3) is 0 Å². The van der Waals surface area contributed by atoms with Crippen molar-refractivity contribution in [1.29, 1.82) is 0 Å². The molecule has 2 aromatic rings. The van der Waals surface area contributed by atoms with Gasteiger partial charge >= 0.3 is 0 Å². The average molecular weight is 269 g/mol. The van der Waals surface area contributed by atoms with Crippen molar-refractivity contribution in [3.8, 4) is 0 Å². The first kappa shape index (κ1) is 13.1. The van der Waals surface area contributed by atoms with Crippen molar-refractivity contribution >= 4 is 11.6 Å². The highest BCUT2D eigenvalue weighted by molar-refractivity contribution is 6.30. The van der Waals surface area contributed by atoms with E-state index in [9.17, 15) is 9.50 Å². The fourth-order valence-corrected chi connectivity index (χ4v) is 1.94. The zero-order valence-corrected chi connectivity index (χ0v) is 10.9. The maximum absolute atomic E-state index is 13.4. The van der Waals surface area contributed by atoms with Crippen LogP contribution in [0.2, 0.25) is 5.02 Å². The topological polar surface area (TPSA) is 38.0 Å². The summed E-state index contributed by atoms with van der Waals surface area (Å²) in [5.74, 6) is -0.538. The Bertz CT molecular complexity index is 554. The second-order valence-electron chi connectivity index (χ2n) is 4.37. The molecule has 0 bridgehead atoms. The first-order valence-corrected chi connectivity index (χ1v) is 6.05. The average Bonchev–Trinajstić information content (AvgIpc) is 2.81. The summed E-state index contributed by atoms with van der Waals surface area (Å²) in [5, 5.41) is 14.4. The standard InChI is InChI=1S/C13H14ClFN2O/c1-8(2)17-12(5-6-16-17)13(18)9-3-4-10(14)11(15)7-9/h3-8,13,18H,1-2H3. The molecule has 1 aromatic heterocycles. The van der Waals surface area contributed by atoms with Crippen LogP contribution >= 0.6 is 11.6 Å². The van der Waals surface area contributed by atoms with Gasteiger partial charge in [0.2, 0.25) is 0 Å². The van der Waals surface area contributed by atoms with Crippen LogP contribution < -0.4 is 0 Å². The van der Waals surface area contributed by atoms with E-state index in [1.54, 1.807) is 23.0 Å². The van der Waals surface area contributed by atoms with Gasteiger partial charge in [0.25, 0.3) is 0 Å². The van der Waals surface area contributed by atoms with Gasteiger partial charge in [0, 0.05) is 12.2 Å². The Labute approximate surface area is 110 Å². The smallest absolute Gasteiger partial charge is 0.142 e. The lowest BCUT2D eigenvalue weighted by Crippen LogP contribution is -2.12. The highest BCUT2D eigenvalue weighted by Crippen LogP contribution is 2.26. The van der Waals surface area contributed by atoms with Crippen LogP contribution in [0.4, 0.5) is 4.39 Å². The van der Waals surface area contributed by atoms with Crippen LogP contribution in [0.5, 0.6) is 0 Å². The number of hydrogen-bond donors (Lipinski definition) is 1. The van der Waals surface area contributed by atoms with Crippen molar-refractivity contribution in [2.45, 2.75) is 26.0 Å². The third-order valence-corrected chi connectivity index (χ3v) is 3.04. The van der Waals surface area contributed by atoms with Crippen molar-refractivity contribution in [2.24, 2.45) is 0 Å². The van der Waals surface area contributed by atoms with Crippen molar-refractivity contribution in [3.63, 3.8) is 0 Å². The van der Waals surface area contributed by atoms with Crippen LogP contribution in [-0.4, -0.2) is 14.9 Å². The number of hydrogen-bond acceptors (Lipinski definition) is 2. The molecular weight excluding hydrogens is 255 g/mol. The van der Waals surface area contributed by atoms with Crippen LogP contribution in [0.15, 0.2) is 30.5 Å². The van der Waals surface area contributed by atoms with Gasteiger partial charge in [-0.15, -0.1) is 0 Å². The SMILES string of the molecule is CC(C)n1nccc1C(O)c1ccc(Cl)c(F)c1.